The fourth-order valence-electron chi connectivity index (χ4n) is 2.70. The van der Waals surface area contributed by atoms with Crippen LogP contribution in [0.4, 0.5) is 0 Å². The Hall–Kier alpha value is -3.22. The molecule has 32 heavy (non-hydrogen) atoms. The van der Waals surface area contributed by atoms with Crippen molar-refractivity contribution >= 4 is 35.3 Å². The SMILES string of the molecule is COc1cc(/C=N\NC(=O)[C@@H](C)Oc2ccccc2)ccc1OCc1ccc(Cl)cc1Cl. The monoisotopic (exact) mass is 472 g/mol. The van der Waals surface area contributed by atoms with Gasteiger partial charge in [0, 0.05) is 15.6 Å². The Kier molecular flexibility index (Phi) is 8.36. The second kappa shape index (κ2) is 11.4. The van der Waals surface area contributed by atoms with Gasteiger partial charge in [-0.25, -0.2) is 5.43 Å². The summed E-state index contributed by atoms with van der Waals surface area (Å²) in [6.07, 6.45) is 0.815. The van der Waals surface area contributed by atoms with E-state index in [4.69, 9.17) is 37.4 Å². The van der Waals surface area contributed by atoms with Crippen LogP contribution in [-0.2, 0) is 11.4 Å². The number of nitrogens with one attached hydrogen (secondary N) is 1. The maximum Gasteiger partial charge on any atom is 0.280 e. The van der Waals surface area contributed by atoms with Gasteiger partial charge in [-0.2, -0.15) is 5.10 Å². The molecule has 0 heterocycles. The first kappa shape index (κ1) is 23.4. The van der Waals surface area contributed by atoms with Gasteiger partial charge in [0.25, 0.3) is 5.91 Å². The van der Waals surface area contributed by atoms with Crippen LogP contribution in [0, 0.1) is 0 Å². The molecule has 0 fully saturated rings. The lowest BCUT2D eigenvalue weighted by Crippen LogP contribution is -2.33. The minimum absolute atomic E-state index is 0.259. The number of amides is 1. The van der Waals surface area contributed by atoms with Gasteiger partial charge in [-0.3, -0.25) is 4.79 Å². The van der Waals surface area contributed by atoms with Gasteiger partial charge in [0.15, 0.2) is 17.6 Å². The largest absolute Gasteiger partial charge is 0.493 e. The molecule has 0 spiro atoms. The van der Waals surface area contributed by atoms with E-state index in [-0.39, 0.29) is 12.5 Å². The third-order valence-electron chi connectivity index (χ3n) is 4.40. The molecule has 0 unspecified atom stereocenters. The smallest absolute Gasteiger partial charge is 0.280 e. The number of rotatable bonds is 9. The molecular formula is C24H22Cl2N2O4. The van der Waals surface area contributed by atoms with E-state index in [0.29, 0.717) is 27.3 Å². The van der Waals surface area contributed by atoms with E-state index in [1.54, 1.807) is 56.5 Å². The van der Waals surface area contributed by atoms with Crippen LogP contribution in [0.5, 0.6) is 17.2 Å². The van der Waals surface area contributed by atoms with Crippen molar-refractivity contribution in [1.82, 2.24) is 5.43 Å². The molecule has 1 atom stereocenters. The summed E-state index contributed by atoms with van der Waals surface area (Å²) in [5.41, 5.74) is 3.99. The highest BCUT2D eigenvalue weighted by molar-refractivity contribution is 6.35. The van der Waals surface area contributed by atoms with Crippen LogP contribution in [0.2, 0.25) is 10.0 Å². The normalized spacial score (nSPS) is 11.8. The fourth-order valence-corrected chi connectivity index (χ4v) is 3.16. The second-order valence-corrected chi connectivity index (χ2v) is 7.59. The zero-order valence-electron chi connectivity index (χ0n) is 17.5. The number of benzene rings is 3. The molecule has 0 saturated heterocycles. The summed E-state index contributed by atoms with van der Waals surface area (Å²) in [4.78, 5) is 12.2. The number of hydrogen-bond acceptors (Lipinski definition) is 5. The molecule has 0 bridgehead atoms. The molecule has 0 aliphatic carbocycles. The Balaban J connectivity index is 1.57. The van der Waals surface area contributed by atoms with Gasteiger partial charge in [-0.1, -0.05) is 47.5 Å². The summed E-state index contributed by atoms with van der Waals surface area (Å²) in [6.45, 7) is 1.91. The fraction of sp³-hybridized carbons (Fsp3) is 0.167. The number of hydrogen-bond donors (Lipinski definition) is 1. The molecule has 0 aromatic heterocycles. The summed E-state index contributed by atoms with van der Waals surface area (Å²) < 4.78 is 16.8. The third-order valence-corrected chi connectivity index (χ3v) is 4.99. The van der Waals surface area contributed by atoms with Crippen molar-refractivity contribution in [2.24, 2.45) is 5.10 Å². The quantitative estimate of drug-likeness (QED) is 0.329. The van der Waals surface area contributed by atoms with Gasteiger partial charge in [0.05, 0.1) is 13.3 Å². The number of halogens is 2. The number of carbonyl (C=O) groups is 1. The number of methoxy groups -OCH3 is 1. The lowest BCUT2D eigenvalue weighted by molar-refractivity contribution is -0.127. The lowest BCUT2D eigenvalue weighted by Gasteiger charge is -2.13. The molecule has 0 aliphatic rings. The van der Waals surface area contributed by atoms with E-state index < -0.39 is 6.10 Å². The predicted octanol–water partition coefficient (Wildman–Crippen LogP) is 5.50. The van der Waals surface area contributed by atoms with Crippen LogP contribution < -0.4 is 19.6 Å². The molecule has 6 nitrogen and oxygen atoms in total. The number of ether oxygens (including phenoxy) is 3. The van der Waals surface area contributed by atoms with Crippen LogP contribution in [0.25, 0.3) is 0 Å². The van der Waals surface area contributed by atoms with Gasteiger partial charge in [0.2, 0.25) is 0 Å². The zero-order valence-corrected chi connectivity index (χ0v) is 19.1. The second-order valence-electron chi connectivity index (χ2n) is 6.74. The summed E-state index contributed by atoms with van der Waals surface area (Å²) in [7, 11) is 1.54. The molecule has 0 radical (unpaired) electrons. The number of nitrogens with zero attached hydrogens (tertiary/aromatic N) is 1. The molecule has 3 rings (SSSR count). The maximum atomic E-state index is 12.2. The summed E-state index contributed by atoms with van der Waals surface area (Å²) in [5, 5.41) is 5.08. The number of hydrazone groups is 1. The minimum Gasteiger partial charge on any atom is -0.493 e. The Morgan fingerprint density at radius 1 is 1.06 bits per heavy atom. The van der Waals surface area contributed by atoms with Crippen LogP contribution >= 0.6 is 23.2 Å². The van der Waals surface area contributed by atoms with E-state index in [2.05, 4.69) is 10.5 Å². The zero-order chi connectivity index (χ0) is 22.9. The van der Waals surface area contributed by atoms with Gasteiger partial charge in [0.1, 0.15) is 12.4 Å². The molecule has 3 aromatic rings. The third kappa shape index (κ3) is 6.64. The highest BCUT2D eigenvalue weighted by Gasteiger charge is 2.13. The van der Waals surface area contributed by atoms with Crippen molar-refractivity contribution in [2.75, 3.05) is 7.11 Å². The standard InChI is InChI=1S/C24H22Cl2N2O4/c1-16(32-20-6-4-3-5-7-20)24(29)28-27-14-17-8-11-22(23(12-17)30-2)31-15-18-9-10-19(25)13-21(18)26/h3-14,16H,15H2,1-2H3,(H,28,29)/b27-14-/t16-/m1/s1. The maximum absolute atomic E-state index is 12.2. The Morgan fingerprint density at radius 2 is 1.84 bits per heavy atom. The molecule has 0 saturated carbocycles. The van der Waals surface area contributed by atoms with E-state index in [9.17, 15) is 4.79 Å². The highest BCUT2D eigenvalue weighted by Crippen LogP contribution is 2.29. The molecule has 8 heteroatoms. The minimum atomic E-state index is -0.695. The van der Waals surface area contributed by atoms with E-state index >= 15 is 0 Å². The van der Waals surface area contributed by atoms with Crippen molar-refractivity contribution in [3.63, 3.8) is 0 Å². The van der Waals surface area contributed by atoms with Crippen molar-refractivity contribution < 1.29 is 19.0 Å². The van der Waals surface area contributed by atoms with Crippen molar-refractivity contribution in [2.45, 2.75) is 19.6 Å². The molecule has 1 N–H and O–H groups in total. The van der Waals surface area contributed by atoms with E-state index in [0.717, 1.165) is 11.1 Å². The summed E-state index contributed by atoms with van der Waals surface area (Å²) >= 11 is 12.1. The highest BCUT2D eigenvalue weighted by atomic mass is 35.5. The van der Waals surface area contributed by atoms with Crippen LogP contribution in [-0.4, -0.2) is 25.3 Å². The summed E-state index contributed by atoms with van der Waals surface area (Å²) in [6, 6.07) is 19.6. The van der Waals surface area contributed by atoms with Gasteiger partial charge in [-0.05, 0) is 55.0 Å². The predicted molar refractivity (Wildman–Crippen MR) is 126 cm³/mol. The summed E-state index contributed by atoms with van der Waals surface area (Å²) in [5.74, 6) is 1.31. The van der Waals surface area contributed by atoms with E-state index in [1.807, 2.05) is 24.3 Å². The van der Waals surface area contributed by atoms with E-state index in [1.165, 1.54) is 6.21 Å². The molecule has 166 valence electrons. The van der Waals surface area contributed by atoms with Crippen molar-refractivity contribution in [1.29, 1.82) is 0 Å². The van der Waals surface area contributed by atoms with Gasteiger partial charge in [-0.15, -0.1) is 0 Å². The van der Waals surface area contributed by atoms with Crippen LogP contribution in [0.15, 0.2) is 71.8 Å². The van der Waals surface area contributed by atoms with Gasteiger partial charge >= 0.3 is 0 Å². The molecular weight excluding hydrogens is 451 g/mol. The number of carbonyl (C=O) groups excluding carboxylic acids is 1. The molecule has 3 aromatic carbocycles. The lowest BCUT2D eigenvalue weighted by atomic mass is 10.2. The van der Waals surface area contributed by atoms with Gasteiger partial charge < -0.3 is 14.2 Å². The van der Waals surface area contributed by atoms with Crippen LogP contribution in [0.1, 0.15) is 18.1 Å². The van der Waals surface area contributed by atoms with Crippen LogP contribution in [0.3, 0.4) is 0 Å². The first-order valence-corrected chi connectivity index (χ1v) is 10.5. The first-order chi connectivity index (χ1) is 15.5. The van der Waals surface area contributed by atoms with Crippen molar-refractivity contribution in [3.05, 3.63) is 87.9 Å². The van der Waals surface area contributed by atoms with Crippen molar-refractivity contribution in [3.8, 4) is 17.2 Å². The topological polar surface area (TPSA) is 69.2 Å². The Labute approximate surface area is 196 Å². The average Bonchev–Trinajstić information content (AvgIpc) is 2.79. The average molecular weight is 473 g/mol. The first-order valence-electron chi connectivity index (χ1n) is 9.75. The Morgan fingerprint density at radius 3 is 2.56 bits per heavy atom. The molecule has 0 aliphatic heterocycles. The molecule has 1 amide bonds. The number of para-hydroxylation sites is 1. The Bertz CT molecular complexity index is 1090.